The second-order valence-electron chi connectivity index (χ2n) is 9.67. The number of hydrogen-bond donors (Lipinski definition) is 0. The molecule has 0 atom stereocenters. The molecule has 0 spiro atoms. The lowest BCUT2D eigenvalue weighted by Gasteiger charge is -2.40. The molecule has 0 aromatic heterocycles. The fraction of sp³-hybridized carbons (Fsp3) is 0.680. The van der Waals surface area contributed by atoms with Crippen LogP contribution in [0.15, 0.2) is 12.1 Å². The van der Waals surface area contributed by atoms with Gasteiger partial charge in [-0.05, 0) is 59.4 Å². The molecule has 1 saturated carbocycles. The van der Waals surface area contributed by atoms with Crippen LogP contribution < -0.4 is 9.64 Å². The Morgan fingerprint density at radius 1 is 1.25 bits per heavy atom. The van der Waals surface area contributed by atoms with Crippen molar-refractivity contribution in [3.8, 4) is 5.75 Å². The Hall–Kier alpha value is -1.79. The Morgan fingerprint density at radius 3 is 2.56 bits per heavy atom. The number of carbonyl (C=O) groups is 2. The smallest absolute Gasteiger partial charge is 0.270 e. The van der Waals surface area contributed by atoms with E-state index in [1.807, 2.05) is 4.90 Å². The van der Waals surface area contributed by atoms with Crippen LogP contribution in [0.5, 0.6) is 5.75 Å². The maximum absolute atomic E-state index is 13.7. The molecule has 1 aliphatic carbocycles. The Morgan fingerprint density at radius 2 is 1.94 bits per heavy atom. The van der Waals surface area contributed by atoms with Crippen LogP contribution in [0.25, 0.3) is 0 Å². The Balaban J connectivity index is 1.96. The van der Waals surface area contributed by atoms with E-state index in [9.17, 15) is 9.59 Å². The Labute approximate surface area is 197 Å². The molecule has 0 unspecified atom stereocenters. The second-order valence-corrected chi connectivity index (χ2v) is 10.1. The average Bonchev–Trinajstić information content (AvgIpc) is 2.73. The number of benzene rings is 1. The van der Waals surface area contributed by atoms with Crippen LogP contribution in [0, 0.1) is 0 Å². The van der Waals surface area contributed by atoms with E-state index in [1.165, 1.54) is 6.42 Å². The van der Waals surface area contributed by atoms with Crippen LogP contribution in [-0.2, 0) is 9.53 Å². The topological polar surface area (TPSA) is 59.1 Å². The highest BCUT2D eigenvalue weighted by Crippen LogP contribution is 2.42. The third-order valence-electron chi connectivity index (χ3n) is 6.43. The van der Waals surface area contributed by atoms with Gasteiger partial charge in [-0.3, -0.25) is 9.59 Å². The Bertz CT molecular complexity index is 833. The number of halogens is 1. The third-order valence-corrected chi connectivity index (χ3v) is 6.75. The number of amides is 2. The average molecular weight is 465 g/mol. The molecule has 2 amide bonds. The maximum Gasteiger partial charge on any atom is 0.270 e. The molecule has 6 nitrogen and oxygen atoms in total. The molecular weight excluding hydrogens is 428 g/mol. The van der Waals surface area contributed by atoms with E-state index >= 15 is 0 Å². The molecule has 32 heavy (non-hydrogen) atoms. The molecule has 0 radical (unpaired) electrons. The summed E-state index contributed by atoms with van der Waals surface area (Å²) in [6.07, 6.45) is 7.20. The molecule has 1 aromatic rings. The highest BCUT2D eigenvalue weighted by Gasteiger charge is 2.42. The highest BCUT2D eigenvalue weighted by molar-refractivity contribution is 6.34. The van der Waals surface area contributed by atoms with Crippen molar-refractivity contribution in [3.05, 3.63) is 22.7 Å². The summed E-state index contributed by atoms with van der Waals surface area (Å²) in [5.41, 5.74) is 0.0596. The minimum atomic E-state index is -0.991. The van der Waals surface area contributed by atoms with Gasteiger partial charge in [0, 0.05) is 38.4 Å². The molecule has 2 aliphatic rings. The lowest BCUT2D eigenvalue weighted by atomic mass is 9.92. The van der Waals surface area contributed by atoms with Crippen LogP contribution in [0.1, 0.15) is 83.0 Å². The van der Waals surface area contributed by atoms with Gasteiger partial charge in [-0.25, -0.2) is 0 Å². The zero-order chi connectivity index (χ0) is 23.5. The first-order valence-corrected chi connectivity index (χ1v) is 12.2. The quantitative estimate of drug-likeness (QED) is 0.479. The summed E-state index contributed by atoms with van der Waals surface area (Å²) in [6, 6.07) is 3.74. The summed E-state index contributed by atoms with van der Waals surface area (Å²) in [5.74, 6) is 0.351. The number of rotatable bonds is 8. The van der Waals surface area contributed by atoms with Gasteiger partial charge in [-0.1, -0.05) is 30.9 Å². The van der Waals surface area contributed by atoms with Crippen LogP contribution in [0.4, 0.5) is 5.69 Å². The summed E-state index contributed by atoms with van der Waals surface area (Å²) >= 11 is 6.62. The van der Waals surface area contributed by atoms with E-state index in [-0.39, 0.29) is 23.9 Å². The first-order chi connectivity index (χ1) is 15.2. The van der Waals surface area contributed by atoms with E-state index in [1.54, 1.807) is 38.0 Å². The van der Waals surface area contributed by atoms with Gasteiger partial charge in [0.1, 0.15) is 5.75 Å². The fourth-order valence-corrected chi connectivity index (χ4v) is 5.05. The van der Waals surface area contributed by atoms with Crippen molar-refractivity contribution >= 4 is 29.1 Å². The van der Waals surface area contributed by atoms with Gasteiger partial charge in [-0.15, -0.1) is 0 Å². The predicted molar refractivity (Wildman–Crippen MR) is 128 cm³/mol. The molecule has 178 valence electrons. The Kier molecular flexibility index (Phi) is 8.10. The second kappa shape index (κ2) is 10.4. The molecular formula is C25H37ClN2O4. The van der Waals surface area contributed by atoms with Crippen molar-refractivity contribution in [1.29, 1.82) is 0 Å². The summed E-state index contributed by atoms with van der Waals surface area (Å²) in [5, 5.41) is 0.361. The first kappa shape index (κ1) is 24.8. The van der Waals surface area contributed by atoms with E-state index in [0.717, 1.165) is 38.5 Å². The number of carbonyl (C=O) groups excluding carboxylic acids is 2. The van der Waals surface area contributed by atoms with E-state index in [2.05, 4.69) is 13.8 Å². The molecule has 0 N–H and O–H groups in total. The number of anilines is 1. The molecule has 1 aromatic carbocycles. The largest absolute Gasteiger partial charge is 0.476 e. The van der Waals surface area contributed by atoms with E-state index in [4.69, 9.17) is 21.1 Å². The maximum atomic E-state index is 13.7. The molecule has 1 fully saturated rings. The minimum absolute atomic E-state index is 0.0691. The van der Waals surface area contributed by atoms with Gasteiger partial charge in [0.25, 0.3) is 11.8 Å². The van der Waals surface area contributed by atoms with Crippen molar-refractivity contribution in [2.75, 3.05) is 25.2 Å². The third kappa shape index (κ3) is 5.23. The van der Waals surface area contributed by atoms with Crippen molar-refractivity contribution in [2.45, 2.75) is 90.3 Å². The van der Waals surface area contributed by atoms with Gasteiger partial charge in [0.2, 0.25) is 0 Å². The van der Waals surface area contributed by atoms with Crippen LogP contribution in [0.2, 0.25) is 5.02 Å². The minimum Gasteiger partial charge on any atom is -0.476 e. The summed E-state index contributed by atoms with van der Waals surface area (Å²) in [4.78, 5) is 30.6. The number of unbranched alkanes of at least 4 members (excludes halogenated alkanes) is 1. The number of nitrogens with zero attached hydrogens (tertiary/aromatic N) is 2. The monoisotopic (exact) mass is 464 g/mol. The highest BCUT2D eigenvalue weighted by atomic mass is 35.5. The normalized spacial score (nSPS) is 18.5. The molecule has 0 bridgehead atoms. The van der Waals surface area contributed by atoms with Gasteiger partial charge in [0.15, 0.2) is 5.60 Å². The molecule has 1 heterocycles. The first-order valence-electron chi connectivity index (χ1n) is 11.8. The van der Waals surface area contributed by atoms with Gasteiger partial charge >= 0.3 is 0 Å². The SMILES string of the molecule is COCCCCN1C(=O)C(C)(C)Oc2cc(Cl)c(C(=O)N(C(C)C)C3CCCCC3)cc21. The van der Waals surface area contributed by atoms with Crippen molar-refractivity contribution in [2.24, 2.45) is 0 Å². The lowest BCUT2D eigenvalue weighted by molar-refractivity contribution is -0.132. The van der Waals surface area contributed by atoms with Gasteiger partial charge in [0.05, 0.1) is 16.3 Å². The standard InChI is InChI=1S/C25H37ClN2O4/c1-17(2)28(18-11-7-6-8-12-18)23(29)19-15-21-22(16-20(19)26)32-25(3,4)24(30)27(21)13-9-10-14-31-5/h15-18H,6-14H2,1-5H3. The predicted octanol–water partition coefficient (Wildman–Crippen LogP) is 5.45. The van der Waals surface area contributed by atoms with Gasteiger partial charge in [-0.2, -0.15) is 0 Å². The molecule has 3 rings (SSSR count). The molecule has 0 saturated heterocycles. The number of hydrogen-bond acceptors (Lipinski definition) is 4. The van der Waals surface area contributed by atoms with E-state index < -0.39 is 5.60 Å². The van der Waals surface area contributed by atoms with Crippen LogP contribution in [-0.4, -0.2) is 54.7 Å². The molecule has 7 heteroatoms. The van der Waals surface area contributed by atoms with Crippen molar-refractivity contribution in [3.63, 3.8) is 0 Å². The van der Waals surface area contributed by atoms with Crippen LogP contribution >= 0.6 is 11.6 Å². The summed E-state index contributed by atoms with van der Waals surface area (Å²) < 4.78 is 11.1. The number of ether oxygens (including phenoxy) is 2. The van der Waals surface area contributed by atoms with Crippen LogP contribution in [0.3, 0.4) is 0 Å². The number of methoxy groups -OCH3 is 1. The molecule has 1 aliphatic heterocycles. The van der Waals surface area contributed by atoms with Gasteiger partial charge < -0.3 is 19.3 Å². The zero-order valence-corrected chi connectivity index (χ0v) is 20.8. The van der Waals surface area contributed by atoms with Crippen molar-refractivity contribution < 1.29 is 19.1 Å². The lowest BCUT2D eigenvalue weighted by Crippen LogP contribution is -2.53. The van der Waals surface area contributed by atoms with Crippen molar-refractivity contribution in [1.82, 2.24) is 4.90 Å². The number of fused-ring (bicyclic) bond motifs is 1. The zero-order valence-electron chi connectivity index (χ0n) is 20.1. The fourth-order valence-electron chi connectivity index (χ4n) is 4.81. The summed E-state index contributed by atoms with van der Waals surface area (Å²) in [6.45, 7) is 8.80. The van der Waals surface area contributed by atoms with E-state index in [0.29, 0.717) is 35.2 Å². The summed E-state index contributed by atoms with van der Waals surface area (Å²) in [7, 11) is 1.67.